The van der Waals surface area contributed by atoms with E-state index in [9.17, 15) is 13.2 Å². The van der Waals surface area contributed by atoms with E-state index in [2.05, 4.69) is 31.9 Å². The van der Waals surface area contributed by atoms with Crippen molar-refractivity contribution in [3.8, 4) is 0 Å². The van der Waals surface area contributed by atoms with Gasteiger partial charge >= 0.3 is 0 Å². The zero-order chi connectivity index (χ0) is 13.3. The smallest absolute Gasteiger partial charge is 0.194 e. The fraction of sp³-hybridized carbons (Fsp3) is 0.364. The molecule has 0 saturated carbocycles. The van der Waals surface area contributed by atoms with Gasteiger partial charge in [0.05, 0.1) is 0 Å². The second-order valence-electron chi connectivity index (χ2n) is 3.66. The van der Waals surface area contributed by atoms with Crippen molar-refractivity contribution in [1.29, 1.82) is 0 Å². The van der Waals surface area contributed by atoms with Crippen molar-refractivity contribution in [1.82, 2.24) is 0 Å². The molecular formula is C11H12Br2O3S. The molecule has 0 unspecified atom stereocenters. The van der Waals surface area contributed by atoms with Crippen molar-refractivity contribution in [2.24, 2.45) is 0 Å². The first kappa shape index (κ1) is 14.9. The topological polar surface area (TPSA) is 51.2 Å². The van der Waals surface area contributed by atoms with Crippen LogP contribution in [0.4, 0.5) is 0 Å². The minimum atomic E-state index is -3.50. The lowest BCUT2D eigenvalue weighted by molar-refractivity contribution is 0.0983. The molecule has 94 valence electrons. The molecule has 17 heavy (non-hydrogen) atoms. The molecule has 1 aromatic rings. The van der Waals surface area contributed by atoms with E-state index in [1.165, 1.54) is 13.8 Å². The minimum Gasteiger partial charge on any atom is -0.291 e. The summed E-state index contributed by atoms with van der Waals surface area (Å²) in [4.78, 5) is 12.1. The summed E-state index contributed by atoms with van der Waals surface area (Å²) in [5.41, 5.74) is 0.365. The van der Waals surface area contributed by atoms with Crippen LogP contribution in [0.25, 0.3) is 0 Å². The van der Waals surface area contributed by atoms with E-state index < -0.39 is 19.3 Å². The van der Waals surface area contributed by atoms with Gasteiger partial charge in [-0.1, -0.05) is 50.9 Å². The van der Waals surface area contributed by atoms with Crippen LogP contribution in [0, 0.1) is 0 Å². The van der Waals surface area contributed by atoms with Crippen molar-refractivity contribution in [3.05, 3.63) is 34.3 Å². The van der Waals surface area contributed by atoms with Crippen molar-refractivity contribution in [2.45, 2.75) is 17.5 Å². The number of carbonyl (C=O) groups is 1. The zero-order valence-corrected chi connectivity index (χ0v) is 13.4. The van der Waals surface area contributed by atoms with Crippen molar-refractivity contribution >= 4 is 47.5 Å². The summed E-state index contributed by atoms with van der Waals surface area (Å²) in [7, 11) is -3.50. The minimum absolute atomic E-state index is 0.0863. The molecular weight excluding hydrogens is 372 g/mol. The van der Waals surface area contributed by atoms with E-state index in [4.69, 9.17) is 0 Å². The monoisotopic (exact) mass is 382 g/mol. The summed E-state index contributed by atoms with van der Waals surface area (Å²) in [6.45, 7) is 2.89. The molecule has 0 amide bonds. The van der Waals surface area contributed by atoms with E-state index >= 15 is 0 Å². The molecule has 1 rings (SSSR count). The van der Waals surface area contributed by atoms with E-state index in [-0.39, 0.29) is 5.75 Å². The number of rotatable bonds is 4. The highest BCUT2D eigenvalue weighted by Crippen LogP contribution is 2.30. The first-order chi connectivity index (χ1) is 7.72. The predicted molar refractivity (Wildman–Crippen MR) is 75.3 cm³/mol. The molecule has 1 atom stereocenters. The van der Waals surface area contributed by atoms with Gasteiger partial charge in [0.25, 0.3) is 0 Å². The third kappa shape index (κ3) is 2.98. The van der Waals surface area contributed by atoms with Gasteiger partial charge < -0.3 is 0 Å². The third-order valence-corrected chi connectivity index (χ3v) is 6.96. The summed E-state index contributed by atoms with van der Waals surface area (Å²) >= 11 is 6.29. The lowest BCUT2D eigenvalue weighted by atomic mass is 10.1. The van der Waals surface area contributed by atoms with Crippen molar-refractivity contribution in [2.75, 3.05) is 5.75 Å². The maximum Gasteiger partial charge on any atom is 0.194 e. The van der Waals surface area contributed by atoms with Crippen LogP contribution in [0.2, 0.25) is 0 Å². The fourth-order valence-corrected chi connectivity index (χ4v) is 3.39. The molecule has 0 aliphatic heterocycles. The third-order valence-electron chi connectivity index (χ3n) is 2.48. The Bertz CT molecular complexity index is 518. The van der Waals surface area contributed by atoms with E-state index in [0.717, 1.165) is 4.47 Å². The normalized spacial score (nSPS) is 15.3. The largest absolute Gasteiger partial charge is 0.291 e. The van der Waals surface area contributed by atoms with Gasteiger partial charge in [0, 0.05) is 15.8 Å². The molecule has 0 N–H and O–H groups in total. The Balaban J connectivity index is 3.18. The summed E-state index contributed by atoms with van der Waals surface area (Å²) in [6, 6.07) is 6.60. The van der Waals surface area contributed by atoms with Gasteiger partial charge in [-0.3, -0.25) is 4.79 Å². The summed E-state index contributed by atoms with van der Waals surface area (Å²) < 4.78 is 22.9. The number of Topliss-reactive ketones (excluding diaryl/α,β-unsaturated/α-hetero) is 1. The number of halogens is 2. The number of hydrogen-bond acceptors (Lipinski definition) is 3. The Labute approximate surface area is 118 Å². The van der Waals surface area contributed by atoms with Crippen LogP contribution in [0.3, 0.4) is 0 Å². The first-order valence-corrected chi connectivity index (χ1v) is 8.17. The molecule has 0 fully saturated rings. The maximum absolute atomic E-state index is 12.1. The molecule has 0 aromatic heterocycles. The summed E-state index contributed by atoms with van der Waals surface area (Å²) in [6.07, 6.45) is 0. The number of benzene rings is 1. The van der Waals surface area contributed by atoms with Crippen LogP contribution >= 0.6 is 31.9 Å². The molecule has 0 heterocycles. The molecule has 3 nitrogen and oxygen atoms in total. The average molecular weight is 384 g/mol. The first-order valence-electron chi connectivity index (χ1n) is 4.94. The Morgan fingerprint density at radius 1 is 1.29 bits per heavy atom. The molecule has 1 aromatic carbocycles. The average Bonchev–Trinajstić information content (AvgIpc) is 2.28. The number of hydrogen-bond donors (Lipinski definition) is 0. The fourth-order valence-electron chi connectivity index (χ4n) is 1.27. The van der Waals surface area contributed by atoms with Gasteiger partial charge in [0.15, 0.2) is 19.3 Å². The molecule has 0 radical (unpaired) electrons. The highest BCUT2D eigenvalue weighted by atomic mass is 79.9. The van der Waals surface area contributed by atoms with Crippen molar-refractivity contribution in [3.63, 3.8) is 0 Å². The van der Waals surface area contributed by atoms with Gasteiger partial charge in [-0.2, -0.15) is 0 Å². The van der Waals surface area contributed by atoms with Crippen LogP contribution in [-0.4, -0.2) is 23.6 Å². The van der Waals surface area contributed by atoms with Gasteiger partial charge in [0.1, 0.15) is 0 Å². The number of sulfone groups is 1. The van der Waals surface area contributed by atoms with Gasteiger partial charge in [-0.25, -0.2) is 8.42 Å². The van der Waals surface area contributed by atoms with Crippen molar-refractivity contribution < 1.29 is 13.2 Å². The van der Waals surface area contributed by atoms with E-state index in [1.807, 2.05) is 0 Å². The molecule has 0 aliphatic carbocycles. The maximum atomic E-state index is 12.1. The number of carbonyl (C=O) groups excluding carboxylic acids is 1. The summed E-state index contributed by atoms with van der Waals surface area (Å²) in [5.74, 6) is -0.538. The van der Waals surface area contributed by atoms with Crippen LogP contribution in [-0.2, 0) is 9.84 Å². The van der Waals surface area contributed by atoms with E-state index in [1.54, 1.807) is 24.3 Å². The van der Waals surface area contributed by atoms with Crippen LogP contribution < -0.4 is 0 Å². The van der Waals surface area contributed by atoms with Gasteiger partial charge in [0.2, 0.25) is 0 Å². The number of alkyl halides is 1. The predicted octanol–water partition coefficient (Wildman–Crippen LogP) is 3.18. The zero-order valence-electron chi connectivity index (χ0n) is 9.41. The quantitative estimate of drug-likeness (QED) is 0.592. The molecule has 0 spiro atoms. The highest BCUT2D eigenvalue weighted by Gasteiger charge is 2.42. The molecule has 0 aliphatic rings. The second-order valence-corrected chi connectivity index (χ2v) is 9.31. The number of ketones is 1. The second kappa shape index (κ2) is 5.20. The summed E-state index contributed by atoms with van der Waals surface area (Å²) in [5, 5.41) is 0. The molecule has 0 saturated heterocycles. The standard InChI is InChI=1S/C11H12Br2O3S/c1-3-17(15,16)11(2,13)10(14)8-4-6-9(12)7-5-8/h4-7H,3H2,1-2H3/t11-/m1/s1. The van der Waals surface area contributed by atoms with Gasteiger partial charge in [-0.05, 0) is 19.1 Å². The lowest BCUT2D eigenvalue weighted by Gasteiger charge is -2.20. The van der Waals surface area contributed by atoms with Crippen LogP contribution in [0.5, 0.6) is 0 Å². The highest BCUT2D eigenvalue weighted by molar-refractivity contribution is 9.12. The lowest BCUT2D eigenvalue weighted by Crippen LogP contribution is -2.38. The molecule has 6 heteroatoms. The Kier molecular flexibility index (Phi) is 4.54. The van der Waals surface area contributed by atoms with Crippen LogP contribution in [0.15, 0.2) is 28.7 Å². The Hall–Kier alpha value is -0.200. The van der Waals surface area contributed by atoms with Crippen LogP contribution in [0.1, 0.15) is 24.2 Å². The SMILES string of the molecule is CCS(=O)(=O)[C@@](C)(Br)C(=O)c1ccc(Br)cc1. The Morgan fingerprint density at radius 3 is 2.18 bits per heavy atom. The van der Waals surface area contributed by atoms with E-state index in [0.29, 0.717) is 5.56 Å². The Morgan fingerprint density at radius 2 is 1.76 bits per heavy atom. The van der Waals surface area contributed by atoms with Gasteiger partial charge in [-0.15, -0.1) is 0 Å². The molecule has 0 bridgehead atoms.